The third-order valence-electron chi connectivity index (χ3n) is 7.10. The van der Waals surface area contributed by atoms with Crippen molar-refractivity contribution >= 4 is 6.08 Å². The number of hydrogen-bond acceptors (Lipinski definition) is 1. The molecule has 0 aromatic heterocycles. The molecule has 0 fully saturated rings. The highest BCUT2D eigenvalue weighted by molar-refractivity contribution is 5.72. The van der Waals surface area contributed by atoms with Gasteiger partial charge in [0.1, 0.15) is 34.6 Å². The highest BCUT2D eigenvalue weighted by Gasteiger charge is 2.41. The first-order valence-electron chi connectivity index (χ1n) is 14.0. The zero-order valence-corrected chi connectivity index (χ0v) is 24.0. The Morgan fingerprint density at radius 2 is 1.07 bits per heavy atom. The van der Waals surface area contributed by atoms with Crippen molar-refractivity contribution in [3.8, 4) is 39.1 Å². The molecule has 0 radical (unpaired) electrons. The molecule has 0 heterocycles. The van der Waals surface area contributed by atoms with Gasteiger partial charge in [0, 0.05) is 17.2 Å². The van der Waals surface area contributed by atoms with Crippen LogP contribution in [0.2, 0.25) is 0 Å². The Bertz CT molecular complexity index is 1890. The summed E-state index contributed by atoms with van der Waals surface area (Å²) >= 11 is 0. The second-order valence-electron chi connectivity index (χ2n) is 10.3. The highest BCUT2D eigenvalue weighted by atomic mass is 19.3. The summed E-state index contributed by atoms with van der Waals surface area (Å²) in [5.74, 6) is -11.5. The molecule has 0 amide bonds. The maximum atomic E-state index is 15.1. The molecular weight excluding hydrogens is 619 g/mol. The van der Waals surface area contributed by atoms with Crippen LogP contribution in [0.4, 0.5) is 39.5 Å². The van der Waals surface area contributed by atoms with Crippen molar-refractivity contribution in [1.29, 1.82) is 0 Å². The fourth-order valence-electron chi connectivity index (χ4n) is 4.81. The molecule has 0 bridgehead atoms. The molecule has 5 rings (SSSR count). The number of benzene rings is 5. The van der Waals surface area contributed by atoms with Crippen molar-refractivity contribution in [2.45, 2.75) is 25.9 Å². The number of allylic oxidation sites excluding steroid dienone is 1. The molecule has 46 heavy (non-hydrogen) atoms. The second kappa shape index (κ2) is 13.2. The fourth-order valence-corrected chi connectivity index (χ4v) is 4.81. The number of halogens is 9. The van der Waals surface area contributed by atoms with Gasteiger partial charge in [0.15, 0.2) is 17.5 Å². The summed E-state index contributed by atoms with van der Waals surface area (Å²) in [5.41, 5.74) is -1.21. The van der Waals surface area contributed by atoms with E-state index < -0.39 is 69.3 Å². The van der Waals surface area contributed by atoms with Gasteiger partial charge in [-0.15, -0.1) is 0 Å². The summed E-state index contributed by atoms with van der Waals surface area (Å²) in [6.45, 7) is 2.06. The third-order valence-corrected chi connectivity index (χ3v) is 7.10. The Balaban J connectivity index is 1.37. The summed E-state index contributed by atoms with van der Waals surface area (Å²) in [7, 11) is 0. The van der Waals surface area contributed by atoms with Gasteiger partial charge >= 0.3 is 6.11 Å². The van der Waals surface area contributed by atoms with Crippen LogP contribution >= 0.6 is 0 Å². The number of unbranched alkanes of at least 4 members (excludes halogenated alkanes) is 1. The fraction of sp³-hybridized carbons (Fsp3) is 0.111. The van der Waals surface area contributed by atoms with Crippen molar-refractivity contribution in [2.75, 3.05) is 0 Å². The van der Waals surface area contributed by atoms with E-state index in [0.717, 1.165) is 36.6 Å². The standard InChI is InChI=1S/C36H23F9O/c1-2-3-4-5-20-6-8-21(9-7-20)22-10-12-26(28(37)14-22)23-15-30(39)34(31(40)16-23)36(44,45)46-25-11-13-27(29(38)19-25)24-17-32(41)35(43)33(42)18-24/h4-19H,2-3H2,1H3/b5-4+. The zero-order valence-electron chi connectivity index (χ0n) is 24.0. The molecule has 0 saturated carbocycles. The minimum atomic E-state index is -4.67. The van der Waals surface area contributed by atoms with Gasteiger partial charge < -0.3 is 4.74 Å². The first kappa shape index (κ1) is 32.4. The summed E-state index contributed by atoms with van der Waals surface area (Å²) in [6, 6.07) is 15.3. The van der Waals surface area contributed by atoms with Gasteiger partial charge in [0.05, 0.1) is 0 Å². The molecule has 0 aliphatic heterocycles. The molecule has 236 valence electrons. The molecule has 0 atom stereocenters. The van der Waals surface area contributed by atoms with Crippen molar-refractivity contribution < 1.29 is 44.3 Å². The maximum absolute atomic E-state index is 15.1. The van der Waals surface area contributed by atoms with Gasteiger partial charge in [-0.1, -0.05) is 61.9 Å². The van der Waals surface area contributed by atoms with Crippen LogP contribution in [-0.4, -0.2) is 0 Å². The lowest BCUT2D eigenvalue weighted by atomic mass is 9.97. The summed E-state index contributed by atoms with van der Waals surface area (Å²) < 4.78 is 135. The number of hydrogen-bond donors (Lipinski definition) is 0. The molecule has 10 heteroatoms. The molecule has 5 aromatic carbocycles. The molecule has 5 aromatic rings. The molecule has 0 N–H and O–H groups in total. The second-order valence-corrected chi connectivity index (χ2v) is 10.3. The van der Waals surface area contributed by atoms with Crippen LogP contribution in [0.1, 0.15) is 30.9 Å². The predicted molar refractivity (Wildman–Crippen MR) is 157 cm³/mol. The van der Waals surface area contributed by atoms with Crippen LogP contribution in [0.3, 0.4) is 0 Å². The Morgan fingerprint density at radius 1 is 0.565 bits per heavy atom. The number of alkyl halides is 2. The Labute approximate surface area is 258 Å². The lowest BCUT2D eigenvalue weighted by Gasteiger charge is -2.20. The Kier molecular flexibility index (Phi) is 9.27. The normalized spacial score (nSPS) is 11.8. The average Bonchev–Trinajstić information content (AvgIpc) is 2.99. The van der Waals surface area contributed by atoms with E-state index in [1.807, 2.05) is 24.3 Å². The molecule has 1 nitrogen and oxygen atoms in total. The van der Waals surface area contributed by atoms with E-state index in [4.69, 9.17) is 0 Å². The lowest BCUT2D eigenvalue weighted by molar-refractivity contribution is -0.189. The van der Waals surface area contributed by atoms with Crippen LogP contribution in [0.25, 0.3) is 39.5 Å². The van der Waals surface area contributed by atoms with Crippen molar-refractivity contribution in [1.82, 2.24) is 0 Å². The predicted octanol–water partition coefficient (Wildman–Crippen LogP) is 11.6. The maximum Gasteiger partial charge on any atom is 0.432 e. The van der Waals surface area contributed by atoms with E-state index in [-0.39, 0.29) is 11.1 Å². The van der Waals surface area contributed by atoms with E-state index in [1.54, 1.807) is 12.1 Å². The van der Waals surface area contributed by atoms with E-state index in [9.17, 15) is 35.1 Å². The van der Waals surface area contributed by atoms with E-state index in [2.05, 4.69) is 11.7 Å². The van der Waals surface area contributed by atoms with Crippen molar-refractivity contribution in [3.63, 3.8) is 0 Å². The monoisotopic (exact) mass is 642 g/mol. The minimum Gasteiger partial charge on any atom is -0.429 e. The van der Waals surface area contributed by atoms with Crippen LogP contribution in [-0.2, 0) is 6.11 Å². The van der Waals surface area contributed by atoms with Gasteiger partial charge in [-0.3, -0.25) is 0 Å². The van der Waals surface area contributed by atoms with E-state index in [0.29, 0.717) is 41.5 Å². The first-order chi connectivity index (χ1) is 21.9. The third kappa shape index (κ3) is 6.80. The lowest BCUT2D eigenvalue weighted by Crippen LogP contribution is -2.25. The summed E-state index contributed by atoms with van der Waals surface area (Å²) in [4.78, 5) is 0. The largest absolute Gasteiger partial charge is 0.432 e. The van der Waals surface area contributed by atoms with E-state index >= 15 is 4.39 Å². The van der Waals surface area contributed by atoms with Crippen LogP contribution in [0.15, 0.2) is 91.0 Å². The number of ether oxygens (including phenoxy) is 1. The summed E-state index contributed by atoms with van der Waals surface area (Å²) in [6.07, 6.45) is 1.28. The van der Waals surface area contributed by atoms with Crippen LogP contribution < -0.4 is 4.74 Å². The van der Waals surface area contributed by atoms with Gasteiger partial charge in [-0.2, -0.15) is 8.78 Å². The smallest absolute Gasteiger partial charge is 0.429 e. The molecular formula is C36H23F9O. The average molecular weight is 643 g/mol. The van der Waals surface area contributed by atoms with Crippen molar-refractivity contribution in [3.05, 3.63) is 143 Å². The van der Waals surface area contributed by atoms with Crippen LogP contribution in [0.5, 0.6) is 5.75 Å². The Morgan fingerprint density at radius 3 is 1.61 bits per heavy atom. The topological polar surface area (TPSA) is 9.23 Å². The summed E-state index contributed by atoms with van der Waals surface area (Å²) in [5, 5.41) is 0. The SMILES string of the molecule is CCC/C=C/c1ccc(-c2ccc(-c3cc(F)c(C(F)(F)Oc4ccc(-c5cc(F)c(F)c(F)c5)c(F)c4)c(F)c3)c(F)c2)cc1. The zero-order chi connectivity index (χ0) is 33.2. The van der Waals surface area contributed by atoms with Crippen LogP contribution in [0, 0.1) is 40.7 Å². The molecule has 0 unspecified atom stereocenters. The molecule has 0 aliphatic rings. The number of rotatable bonds is 9. The minimum absolute atomic E-state index is 0.247. The van der Waals surface area contributed by atoms with E-state index in [1.165, 1.54) is 12.1 Å². The Hall–Kier alpha value is -4.99. The van der Waals surface area contributed by atoms with Crippen molar-refractivity contribution in [2.24, 2.45) is 0 Å². The van der Waals surface area contributed by atoms with Gasteiger partial charge in [0.25, 0.3) is 0 Å². The quantitative estimate of drug-likeness (QED) is 0.115. The highest BCUT2D eigenvalue weighted by Crippen LogP contribution is 2.39. The van der Waals surface area contributed by atoms with Gasteiger partial charge in [0.2, 0.25) is 0 Å². The molecule has 0 saturated heterocycles. The molecule has 0 spiro atoms. The van der Waals surface area contributed by atoms with Gasteiger partial charge in [-0.25, -0.2) is 30.7 Å². The molecule has 0 aliphatic carbocycles. The van der Waals surface area contributed by atoms with Gasteiger partial charge in [-0.05, 0) is 76.7 Å². The first-order valence-corrected chi connectivity index (χ1v) is 14.0.